The topological polar surface area (TPSA) is 63.3 Å². The summed E-state index contributed by atoms with van der Waals surface area (Å²) in [7, 11) is 1.36. The lowest BCUT2D eigenvalue weighted by Crippen LogP contribution is -2.12. The van der Waals surface area contributed by atoms with E-state index in [0.717, 1.165) is 22.9 Å². The van der Waals surface area contributed by atoms with E-state index in [2.05, 4.69) is 15.0 Å². The molecule has 0 atom stereocenters. The van der Waals surface area contributed by atoms with Crippen molar-refractivity contribution in [1.82, 2.24) is 4.98 Å². The number of aromatic amines is 1. The second-order valence-electron chi connectivity index (χ2n) is 6.01. The molecule has 1 aromatic heterocycles. The molecule has 0 radical (unpaired) electrons. The molecular weight excluding hydrogens is 354 g/mol. The third kappa shape index (κ3) is 4.75. The Hall–Kier alpha value is -3.09. The van der Waals surface area contributed by atoms with E-state index in [4.69, 9.17) is 4.74 Å². The number of methoxy groups -OCH3 is 1. The minimum atomic E-state index is -2.97. The lowest BCUT2D eigenvalue weighted by Gasteiger charge is -2.12. The van der Waals surface area contributed by atoms with Crippen molar-refractivity contribution in [2.75, 3.05) is 12.4 Å². The van der Waals surface area contributed by atoms with E-state index >= 15 is 0 Å². The van der Waals surface area contributed by atoms with Crippen LogP contribution in [0.5, 0.6) is 11.5 Å². The van der Waals surface area contributed by atoms with Gasteiger partial charge in [-0.1, -0.05) is 18.2 Å². The number of H-pyrrole nitrogens is 1. The Morgan fingerprint density at radius 2 is 2.00 bits per heavy atom. The number of fused-ring (bicyclic) bond motifs is 1. The van der Waals surface area contributed by atoms with E-state index in [0.29, 0.717) is 18.5 Å². The third-order valence-corrected chi connectivity index (χ3v) is 4.19. The molecule has 0 saturated heterocycles. The normalized spacial score (nSPS) is 11.0. The molecule has 0 unspecified atom stereocenters. The Kier molecular flexibility index (Phi) is 5.90. The first-order valence-corrected chi connectivity index (χ1v) is 8.54. The smallest absolute Gasteiger partial charge is 0.387 e. The minimum absolute atomic E-state index is 0.121. The highest BCUT2D eigenvalue weighted by Gasteiger charge is 2.12. The number of amides is 1. The van der Waals surface area contributed by atoms with E-state index < -0.39 is 6.61 Å². The largest absolute Gasteiger partial charge is 0.493 e. The molecule has 2 N–H and O–H groups in total. The van der Waals surface area contributed by atoms with E-state index in [1.54, 1.807) is 6.07 Å². The molecule has 7 heteroatoms. The van der Waals surface area contributed by atoms with Crippen LogP contribution in [0, 0.1) is 0 Å². The summed E-state index contributed by atoms with van der Waals surface area (Å²) in [5, 5.41) is 3.85. The van der Waals surface area contributed by atoms with Crippen LogP contribution in [0.2, 0.25) is 0 Å². The second-order valence-corrected chi connectivity index (χ2v) is 6.01. The van der Waals surface area contributed by atoms with Crippen LogP contribution in [0.1, 0.15) is 18.4 Å². The van der Waals surface area contributed by atoms with E-state index in [1.165, 1.54) is 19.2 Å². The van der Waals surface area contributed by atoms with Gasteiger partial charge in [0.25, 0.3) is 0 Å². The van der Waals surface area contributed by atoms with Crippen molar-refractivity contribution in [3.05, 3.63) is 54.2 Å². The number of ether oxygens (including phenoxy) is 2. The van der Waals surface area contributed by atoms with Gasteiger partial charge in [0.1, 0.15) is 0 Å². The monoisotopic (exact) mass is 374 g/mol. The molecule has 27 heavy (non-hydrogen) atoms. The first-order chi connectivity index (χ1) is 13.1. The van der Waals surface area contributed by atoms with Crippen molar-refractivity contribution < 1.29 is 23.0 Å². The quantitative estimate of drug-likeness (QED) is 0.599. The van der Waals surface area contributed by atoms with Crippen LogP contribution >= 0.6 is 0 Å². The van der Waals surface area contributed by atoms with Gasteiger partial charge in [0.2, 0.25) is 5.91 Å². The number of anilines is 1. The van der Waals surface area contributed by atoms with Crippen LogP contribution in [-0.4, -0.2) is 24.6 Å². The van der Waals surface area contributed by atoms with Crippen LogP contribution in [0.25, 0.3) is 10.9 Å². The van der Waals surface area contributed by atoms with Crippen molar-refractivity contribution >= 4 is 22.5 Å². The van der Waals surface area contributed by atoms with Crippen molar-refractivity contribution in [2.24, 2.45) is 0 Å². The molecule has 3 aromatic rings. The number of alkyl halides is 2. The van der Waals surface area contributed by atoms with E-state index in [9.17, 15) is 13.6 Å². The fourth-order valence-corrected chi connectivity index (χ4v) is 2.94. The van der Waals surface area contributed by atoms with Gasteiger partial charge in [-0.2, -0.15) is 8.78 Å². The average molecular weight is 374 g/mol. The highest BCUT2D eigenvalue weighted by atomic mass is 19.3. The molecule has 1 amide bonds. The summed E-state index contributed by atoms with van der Waals surface area (Å²) in [6.07, 6.45) is 3.71. The number of hydrogen-bond acceptors (Lipinski definition) is 3. The molecule has 0 aliphatic heterocycles. The van der Waals surface area contributed by atoms with Crippen molar-refractivity contribution in [1.29, 1.82) is 0 Å². The van der Waals surface area contributed by atoms with Crippen LogP contribution in [-0.2, 0) is 11.2 Å². The van der Waals surface area contributed by atoms with Crippen LogP contribution in [0.3, 0.4) is 0 Å². The van der Waals surface area contributed by atoms with Gasteiger partial charge in [-0.15, -0.1) is 0 Å². The van der Waals surface area contributed by atoms with Crippen molar-refractivity contribution in [2.45, 2.75) is 25.9 Å². The lowest BCUT2D eigenvalue weighted by atomic mass is 10.1. The fourth-order valence-electron chi connectivity index (χ4n) is 2.94. The minimum Gasteiger partial charge on any atom is -0.493 e. The zero-order chi connectivity index (χ0) is 19.2. The zero-order valence-electron chi connectivity index (χ0n) is 14.8. The molecular formula is C20H20F2N2O3. The maximum atomic E-state index is 12.5. The summed E-state index contributed by atoms with van der Waals surface area (Å²) < 4.78 is 34.3. The van der Waals surface area contributed by atoms with Crippen LogP contribution < -0.4 is 14.8 Å². The summed E-state index contributed by atoms with van der Waals surface area (Å²) in [4.78, 5) is 15.4. The summed E-state index contributed by atoms with van der Waals surface area (Å²) in [5.74, 6) is -0.139. The fraction of sp³-hybridized carbons (Fsp3) is 0.250. The van der Waals surface area contributed by atoms with E-state index in [1.807, 2.05) is 30.5 Å². The molecule has 0 fully saturated rings. The van der Waals surface area contributed by atoms with Crippen molar-refractivity contribution in [3.63, 3.8) is 0 Å². The third-order valence-electron chi connectivity index (χ3n) is 4.19. The Balaban J connectivity index is 1.56. The maximum absolute atomic E-state index is 12.5. The molecule has 5 nitrogen and oxygen atoms in total. The number of hydrogen-bond donors (Lipinski definition) is 2. The molecule has 1 heterocycles. The van der Waals surface area contributed by atoms with Gasteiger partial charge in [-0.25, -0.2) is 0 Å². The molecule has 0 spiro atoms. The number of para-hydroxylation sites is 1. The average Bonchev–Trinajstić information content (AvgIpc) is 3.05. The predicted molar refractivity (Wildman–Crippen MR) is 99.5 cm³/mol. The molecule has 0 saturated carbocycles. The SMILES string of the molecule is COc1ccc(NC(=O)CCCc2c[nH]c3ccccc23)cc1OC(F)F. The first kappa shape index (κ1) is 18.7. The standard InChI is InChI=1S/C20H20F2N2O3/c1-26-17-10-9-14(11-18(17)27-20(21)22)24-19(25)8-4-5-13-12-23-16-7-3-2-6-15(13)16/h2-3,6-7,9-12,20,23H,4-5,8H2,1H3,(H,24,25). The number of aromatic nitrogens is 1. The molecule has 0 aliphatic carbocycles. The van der Waals surface area contributed by atoms with Gasteiger partial charge in [0, 0.05) is 35.3 Å². The maximum Gasteiger partial charge on any atom is 0.387 e. The summed E-state index contributed by atoms with van der Waals surface area (Å²) in [6.45, 7) is -2.97. The first-order valence-electron chi connectivity index (χ1n) is 8.54. The van der Waals surface area contributed by atoms with Crippen LogP contribution in [0.4, 0.5) is 14.5 Å². The Morgan fingerprint density at radius 3 is 2.78 bits per heavy atom. The van der Waals surface area contributed by atoms with Gasteiger partial charge in [-0.3, -0.25) is 4.79 Å². The molecule has 2 aromatic carbocycles. The van der Waals surface area contributed by atoms with Gasteiger partial charge < -0.3 is 19.8 Å². The Bertz CT molecular complexity index is 924. The molecule has 0 aliphatic rings. The highest BCUT2D eigenvalue weighted by molar-refractivity contribution is 5.91. The number of halogens is 2. The van der Waals surface area contributed by atoms with Gasteiger partial charge >= 0.3 is 6.61 Å². The number of nitrogens with one attached hydrogen (secondary N) is 2. The second kappa shape index (κ2) is 8.53. The Morgan fingerprint density at radius 1 is 1.19 bits per heavy atom. The van der Waals surface area contributed by atoms with Gasteiger partial charge in [-0.05, 0) is 36.6 Å². The van der Waals surface area contributed by atoms with E-state index in [-0.39, 0.29) is 17.4 Å². The van der Waals surface area contributed by atoms with Crippen LogP contribution in [0.15, 0.2) is 48.7 Å². The van der Waals surface area contributed by atoms with Crippen molar-refractivity contribution in [3.8, 4) is 11.5 Å². The molecule has 0 bridgehead atoms. The summed E-state index contributed by atoms with van der Waals surface area (Å²) in [6, 6.07) is 12.4. The van der Waals surface area contributed by atoms with Gasteiger partial charge in [0.15, 0.2) is 11.5 Å². The predicted octanol–water partition coefficient (Wildman–Crippen LogP) is 4.74. The number of carbonyl (C=O) groups excluding carboxylic acids is 1. The Labute approximate surface area is 155 Å². The summed E-state index contributed by atoms with van der Waals surface area (Å²) in [5.41, 5.74) is 2.61. The number of carbonyl (C=O) groups is 1. The highest BCUT2D eigenvalue weighted by Crippen LogP contribution is 2.31. The zero-order valence-corrected chi connectivity index (χ0v) is 14.8. The number of rotatable bonds is 8. The lowest BCUT2D eigenvalue weighted by molar-refractivity contribution is -0.116. The summed E-state index contributed by atoms with van der Waals surface area (Å²) >= 11 is 0. The molecule has 142 valence electrons. The number of aryl methyl sites for hydroxylation is 1. The number of benzene rings is 2. The molecule has 3 rings (SSSR count). The van der Waals surface area contributed by atoms with Gasteiger partial charge in [0.05, 0.1) is 7.11 Å².